The van der Waals surface area contributed by atoms with Crippen LogP contribution in [0.5, 0.6) is 0 Å². The number of rotatable bonds is 6. The third-order valence-corrected chi connectivity index (χ3v) is 5.31. The van der Waals surface area contributed by atoms with E-state index < -0.39 is 0 Å². The minimum atomic E-state index is 0.427. The van der Waals surface area contributed by atoms with E-state index in [0.717, 1.165) is 45.4 Å². The van der Waals surface area contributed by atoms with Crippen LogP contribution in [-0.2, 0) is 13.1 Å². The summed E-state index contributed by atoms with van der Waals surface area (Å²) in [5.74, 6) is 0.738. The summed E-state index contributed by atoms with van der Waals surface area (Å²) in [6.07, 6.45) is 3.44. The molecule has 9 heteroatoms. The number of aromatic nitrogens is 6. The van der Waals surface area contributed by atoms with Crippen LogP contribution in [0.4, 0.5) is 0 Å². The van der Waals surface area contributed by atoms with Crippen molar-refractivity contribution in [3.8, 4) is 22.6 Å². The van der Waals surface area contributed by atoms with Crippen molar-refractivity contribution < 1.29 is 0 Å². The quantitative estimate of drug-likeness (QED) is 0.401. The number of aromatic amines is 1. The number of nitrogens with zero attached hydrogens (tertiary/aromatic N) is 6. The molecule has 0 unspecified atom stereocenters. The lowest BCUT2D eigenvalue weighted by atomic mass is 10.1. The zero-order valence-electron chi connectivity index (χ0n) is 17.4. The highest BCUT2D eigenvalue weighted by atomic mass is 35.5. The zero-order chi connectivity index (χ0) is 22.1. The molecular weight excluding hydrogens is 421 g/mol. The Morgan fingerprint density at radius 3 is 2.78 bits per heavy atom. The molecule has 0 aliphatic heterocycles. The predicted octanol–water partition coefficient (Wildman–Crippen LogP) is 4.23. The van der Waals surface area contributed by atoms with Crippen LogP contribution >= 0.6 is 11.6 Å². The lowest BCUT2D eigenvalue weighted by molar-refractivity contribution is 0.432. The lowest BCUT2D eigenvalue weighted by Crippen LogP contribution is -2.19. The Hall–Kier alpha value is -3.49. The molecule has 5 rings (SSSR count). The van der Waals surface area contributed by atoms with Crippen LogP contribution in [0.3, 0.4) is 0 Å². The average Bonchev–Trinajstić information content (AvgIpc) is 3.40. The summed E-state index contributed by atoms with van der Waals surface area (Å²) < 4.78 is 1.73. The van der Waals surface area contributed by atoms with E-state index in [4.69, 9.17) is 24.6 Å². The Labute approximate surface area is 191 Å². The van der Waals surface area contributed by atoms with E-state index in [9.17, 15) is 0 Å². The number of hydrogen-bond acceptors (Lipinski definition) is 5. The van der Waals surface area contributed by atoms with E-state index in [0.29, 0.717) is 18.1 Å². The van der Waals surface area contributed by atoms with Crippen LogP contribution in [0.15, 0.2) is 67.1 Å². The van der Waals surface area contributed by atoms with Gasteiger partial charge in [0, 0.05) is 35.6 Å². The Kier molecular flexibility index (Phi) is 5.47. The first-order valence-electron chi connectivity index (χ1n) is 10.1. The van der Waals surface area contributed by atoms with Crippen LogP contribution in [-0.4, -0.2) is 42.3 Å². The SMILES string of the molecule is [B]N(Cc1cccc(Cl)c1)Cc1nc(-c2ccc3ncnn3c2)c(-c2cccc(C)n2)[nH]1. The van der Waals surface area contributed by atoms with Crippen molar-refractivity contribution in [3.63, 3.8) is 0 Å². The van der Waals surface area contributed by atoms with E-state index in [1.165, 1.54) is 6.33 Å². The summed E-state index contributed by atoms with van der Waals surface area (Å²) in [5, 5.41) is 4.93. The number of pyridine rings is 2. The molecule has 7 nitrogen and oxygen atoms in total. The molecule has 0 aliphatic carbocycles. The molecule has 32 heavy (non-hydrogen) atoms. The third kappa shape index (κ3) is 4.28. The van der Waals surface area contributed by atoms with Gasteiger partial charge in [0.25, 0.3) is 0 Å². The van der Waals surface area contributed by atoms with E-state index in [-0.39, 0.29) is 0 Å². The standard InChI is InChI=1S/C23H19BClN7/c1-15-4-2-7-19(28-15)23-22(17-8-9-21-26-14-27-32(21)12-17)29-20(30-23)13-31(24)11-16-5-3-6-18(25)10-16/h2-10,12,14H,11,13H2,1H3,(H,29,30). The Bertz CT molecular complexity index is 1390. The molecule has 0 amide bonds. The topological polar surface area (TPSA) is 75.0 Å². The van der Waals surface area contributed by atoms with Gasteiger partial charge >= 0.3 is 0 Å². The number of H-pyrrole nitrogens is 1. The predicted molar refractivity (Wildman–Crippen MR) is 125 cm³/mol. The average molecular weight is 440 g/mol. The summed E-state index contributed by atoms with van der Waals surface area (Å²) in [6.45, 7) is 2.94. The molecule has 156 valence electrons. The van der Waals surface area contributed by atoms with Gasteiger partial charge in [-0.2, -0.15) is 5.10 Å². The van der Waals surface area contributed by atoms with Gasteiger partial charge in [0.2, 0.25) is 0 Å². The monoisotopic (exact) mass is 439 g/mol. The second-order valence-corrected chi connectivity index (χ2v) is 8.02. The number of aryl methyl sites for hydroxylation is 1. The van der Waals surface area contributed by atoms with Crippen LogP contribution in [0, 0.1) is 6.92 Å². The highest BCUT2D eigenvalue weighted by molar-refractivity contribution is 6.30. The van der Waals surface area contributed by atoms with Gasteiger partial charge in [0.1, 0.15) is 12.2 Å². The van der Waals surface area contributed by atoms with Crippen molar-refractivity contribution >= 4 is 25.2 Å². The maximum absolute atomic E-state index is 6.30. The molecule has 2 radical (unpaired) electrons. The van der Waals surface area contributed by atoms with Gasteiger partial charge in [-0.15, -0.1) is 0 Å². The zero-order valence-corrected chi connectivity index (χ0v) is 18.2. The minimum absolute atomic E-state index is 0.427. The van der Waals surface area contributed by atoms with Gasteiger partial charge in [-0.1, -0.05) is 29.8 Å². The van der Waals surface area contributed by atoms with Crippen molar-refractivity contribution in [2.45, 2.75) is 20.0 Å². The van der Waals surface area contributed by atoms with Crippen molar-refractivity contribution in [1.29, 1.82) is 0 Å². The van der Waals surface area contributed by atoms with Gasteiger partial charge < -0.3 is 9.79 Å². The first kappa shape index (κ1) is 20.4. The molecule has 4 heterocycles. The molecule has 0 bridgehead atoms. The number of hydrogen-bond donors (Lipinski definition) is 1. The summed E-state index contributed by atoms with van der Waals surface area (Å²) in [5.41, 5.74) is 6.07. The van der Waals surface area contributed by atoms with Gasteiger partial charge in [0.15, 0.2) is 13.6 Å². The summed E-state index contributed by atoms with van der Waals surface area (Å²) in [7, 11) is 6.30. The molecule has 0 spiro atoms. The maximum atomic E-state index is 6.30. The number of fused-ring (bicyclic) bond motifs is 1. The molecule has 1 aromatic carbocycles. The molecule has 0 fully saturated rings. The Morgan fingerprint density at radius 1 is 1.06 bits per heavy atom. The number of benzene rings is 1. The normalized spacial score (nSPS) is 11.5. The number of imidazole rings is 1. The van der Waals surface area contributed by atoms with Crippen LogP contribution < -0.4 is 0 Å². The number of nitrogens with one attached hydrogen (secondary N) is 1. The van der Waals surface area contributed by atoms with Gasteiger partial charge in [0.05, 0.1) is 17.1 Å². The van der Waals surface area contributed by atoms with E-state index in [2.05, 4.69) is 20.1 Å². The molecule has 4 aromatic heterocycles. The first-order valence-corrected chi connectivity index (χ1v) is 10.5. The molecule has 0 aliphatic rings. The van der Waals surface area contributed by atoms with Gasteiger partial charge in [-0.3, -0.25) is 4.98 Å². The first-order chi connectivity index (χ1) is 15.5. The number of halogens is 1. The van der Waals surface area contributed by atoms with Crippen molar-refractivity contribution in [1.82, 2.24) is 34.4 Å². The van der Waals surface area contributed by atoms with Crippen molar-refractivity contribution in [2.75, 3.05) is 0 Å². The molecule has 0 atom stereocenters. The van der Waals surface area contributed by atoms with Crippen LogP contribution in [0.2, 0.25) is 5.02 Å². The fourth-order valence-corrected chi connectivity index (χ4v) is 3.86. The summed E-state index contributed by atoms with van der Waals surface area (Å²) >= 11 is 6.10. The van der Waals surface area contributed by atoms with E-state index in [1.54, 1.807) is 9.33 Å². The minimum Gasteiger partial charge on any atom is -0.344 e. The molecule has 0 saturated heterocycles. The molecule has 1 N–H and O–H groups in total. The van der Waals surface area contributed by atoms with E-state index in [1.807, 2.05) is 67.7 Å². The molecular formula is C23H19BClN7. The molecule has 5 aromatic rings. The van der Waals surface area contributed by atoms with Crippen LogP contribution in [0.25, 0.3) is 28.3 Å². The van der Waals surface area contributed by atoms with Crippen LogP contribution in [0.1, 0.15) is 17.1 Å². The highest BCUT2D eigenvalue weighted by Gasteiger charge is 2.17. The van der Waals surface area contributed by atoms with Gasteiger partial charge in [-0.05, 0) is 48.9 Å². The second kappa shape index (κ2) is 8.57. The fraction of sp³-hybridized carbons (Fsp3) is 0.130. The van der Waals surface area contributed by atoms with E-state index >= 15 is 0 Å². The Balaban J connectivity index is 1.50. The fourth-order valence-electron chi connectivity index (χ4n) is 3.65. The van der Waals surface area contributed by atoms with Crippen molar-refractivity contribution in [3.05, 3.63) is 89.2 Å². The summed E-state index contributed by atoms with van der Waals surface area (Å²) in [4.78, 5) is 18.9. The van der Waals surface area contributed by atoms with Gasteiger partial charge in [-0.25, -0.2) is 14.5 Å². The highest BCUT2D eigenvalue weighted by Crippen LogP contribution is 2.29. The summed E-state index contributed by atoms with van der Waals surface area (Å²) in [6, 6.07) is 17.5. The largest absolute Gasteiger partial charge is 0.344 e. The second-order valence-electron chi connectivity index (χ2n) is 7.59. The molecule has 0 saturated carbocycles. The van der Waals surface area contributed by atoms with Crippen molar-refractivity contribution in [2.24, 2.45) is 0 Å². The Morgan fingerprint density at radius 2 is 1.94 bits per heavy atom. The smallest absolute Gasteiger partial charge is 0.183 e. The third-order valence-electron chi connectivity index (χ3n) is 5.07. The maximum Gasteiger partial charge on any atom is 0.183 e. The lowest BCUT2D eigenvalue weighted by Gasteiger charge is -2.16.